The molecule has 1 fully saturated rings. The predicted molar refractivity (Wildman–Crippen MR) is 72.2 cm³/mol. The number of nitrogen functional groups attached to an aromatic ring is 1. The Balaban J connectivity index is 2.00. The van der Waals surface area contributed by atoms with Crippen LogP contribution in [0.5, 0.6) is 0 Å². The van der Waals surface area contributed by atoms with Gasteiger partial charge in [-0.05, 0) is 12.1 Å². The molecule has 3 atom stereocenters. The number of nitrogens with two attached hydrogens (primary N) is 1. The van der Waals surface area contributed by atoms with Crippen LogP contribution in [0.15, 0.2) is 33.8 Å². The highest BCUT2D eigenvalue weighted by atomic mass is 16.5. The zero-order chi connectivity index (χ0) is 15.0. The van der Waals surface area contributed by atoms with Gasteiger partial charge in [0.2, 0.25) is 0 Å². The second-order valence-electron chi connectivity index (χ2n) is 4.82. The third kappa shape index (κ3) is 2.44. The van der Waals surface area contributed by atoms with Crippen molar-refractivity contribution in [2.45, 2.75) is 24.9 Å². The van der Waals surface area contributed by atoms with Crippen molar-refractivity contribution in [1.29, 1.82) is 0 Å². The summed E-state index contributed by atoms with van der Waals surface area (Å²) in [5, 5.41) is 18.9. The largest absolute Gasteiger partial charge is 0.464 e. The third-order valence-corrected chi connectivity index (χ3v) is 3.46. The summed E-state index contributed by atoms with van der Waals surface area (Å²) in [6.45, 7) is -0.320. The van der Waals surface area contributed by atoms with Gasteiger partial charge >= 0.3 is 5.69 Å². The zero-order valence-electron chi connectivity index (χ0n) is 11.0. The summed E-state index contributed by atoms with van der Waals surface area (Å²) in [7, 11) is 0. The topological polar surface area (TPSA) is 124 Å². The molecule has 2 aromatic heterocycles. The lowest BCUT2D eigenvalue weighted by atomic mass is 10.2. The van der Waals surface area contributed by atoms with Crippen molar-refractivity contribution in [3.05, 3.63) is 35.1 Å². The van der Waals surface area contributed by atoms with Gasteiger partial charge in [-0.15, -0.1) is 0 Å². The molecule has 8 heteroatoms. The molecule has 1 aliphatic rings. The summed E-state index contributed by atoms with van der Waals surface area (Å²) in [5.74, 6) is 0.537. The fourth-order valence-corrected chi connectivity index (χ4v) is 2.36. The van der Waals surface area contributed by atoms with Gasteiger partial charge in [0.25, 0.3) is 0 Å². The molecule has 112 valence electrons. The number of nitrogens with zero attached hydrogens (tertiary/aromatic N) is 2. The van der Waals surface area contributed by atoms with Gasteiger partial charge < -0.3 is 25.1 Å². The molecule has 1 aliphatic heterocycles. The lowest BCUT2D eigenvalue weighted by Gasteiger charge is -2.15. The number of anilines is 1. The van der Waals surface area contributed by atoms with Crippen LogP contribution in [0, 0.1) is 0 Å². The molecule has 0 aromatic carbocycles. The van der Waals surface area contributed by atoms with E-state index in [-0.39, 0.29) is 18.8 Å². The second-order valence-corrected chi connectivity index (χ2v) is 4.82. The minimum atomic E-state index is -0.837. The minimum Gasteiger partial charge on any atom is -0.464 e. The quantitative estimate of drug-likeness (QED) is 0.711. The maximum Gasteiger partial charge on any atom is 0.351 e. The van der Waals surface area contributed by atoms with Crippen molar-refractivity contribution in [3.8, 4) is 11.3 Å². The highest BCUT2D eigenvalue weighted by molar-refractivity contribution is 5.68. The molecule has 1 saturated heterocycles. The Labute approximate surface area is 119 Å². The number of hydrogen-bond donors (Lipinski definition) is 3. The molecule has 8 nitrogen and oxygen atoms in total. The van der Waals surface area contributed by atoms with Crippen LogP contribution in [0.1, 0.15) is 12.6 Å². The average molecular weight is 293 g/mol. The Morgan fingerprint density at radius 3 is 2.95 bits per heavy atom. The van der Waals surface area contributed by atoms with Gasteiger partial charge in [-0.3, -0.25) is 4.57 Å². The first-order chi connectivity index (χ1) is 10.1. The van der Waals surface area contributed by atoms with E-state index in [2.05, 4.69) is 4.98 Å². The minimum absolute atomic E-state index is 0.0588. The fraction of sp³-hybridized carbons (Fsp3) is 0.385. The Morgan fingerprint density at radius 1 is 1.52 bits per heavy atom. The zero-order valence-corrected chi connectivity index (χ0v) is 11.0. The van der Waals surface area contributed by atoms with Crippen LogP contribution in [0.3, 0.4) is 0 Å². The van der Waals surface area contributed by atoms with Gasteiger partial charge in [-0.2, -0.15) is 4.98 Å². The Hall–Kier alpha value is -2.16. The second kappa shape index (κ2) is 5.32. The van der Waals surface area contributed by atoms with E-state index in [9.17, 15) is 9.90 Å². The molecule has 4 N–H and O–H groups in total. The summed E-state index contributed by atoms with van der Waals surface area (Å²) in [6, 6.07) is 3.39. The Bertz CT molecular complexity index is 682. The van der Waals surface area contributed by atoms with Crippen LogP contribution < -0.4 is 11.4 Å². The number of hydrogen-bond acceptors (Lipinski definition) is 7. The van der Waals surface area contributed by atoms with Crippen LogP contribution in [0.2, 0.25) is 0 Å². The lowest BCUT2D eigenvalue weighted by molar-refractivity contribution is -0.0458. The van der Waals surface area contributed by atoms with E-state index in [0.717, 1.165) is 0 Å². The molecular formula is C13H15N3O5. The molecule has 3 heterocycles. The van der Waals surface area contributed by atoms with Crippen molar-refractivity contribution in [2.75, 3.05) is 12.3 Å². The van der Waals surface area contributed by atoms with Gasteiger partial charge in [-0.1, -0.05) is 0 Å². The smallest absolute Gasteiger partial charge is 0.351 e. The van der Waals surface area contributed by atoms with Crippen molar-refractivity contribution < 1.29 is 19.4 Å². The van der Waals surface area contributed by atoms with Crippen molar-refractivity contribution in [3.63, 3.8) is 0 Å². The van der Waals surface area contributed by atoms with Crippen LogP contribution >= 0.6 is 0 Å². The van der Waals surface area contributed by atoms with Crippen molar-refractivity contribution >= 4 is 5.82 Å². The van der Waals surface area contributed by atoms with E-state index in [1.165, 1.54) is 17.0 Å². The van der Waals surface area contributed by atoms with Crippen molar-refractivity contribution in [1.82, 2.24) is 9.55 Å². The molecule has 3 rings (SSSR count). The van der Waals surface area contributed by atoms with E-state index in [1.807, 2.05) is 0 Å². The highest BCUT2D eigenvalue weighted by Gasteiger charge is 2.35. The summed E-state index contributed by atoms with van der Waals surface area (Å²) < 4.78 is 12.0. The van der Waals surface area contributed by atoms with E-state index in [1.54, 1.807) is 12.1 Å². The molecule has 21 heavy (non-hydrogen) atoms. The van der Waals surface area contributed by atoms with Crippen LogP contribution in [0.4, 0.5) is 5.82 Å². The Kier molecular flexibility index (Phi) is 3.50. The Morgan fingerprint density at radius 2 is 2.33 bits per heavy atom. The van der Waals surface area contributed by atoms with Crippen molar-refractivity contribution in [2.24, 2.45) is 0 Å². The van der Waals surface area contributed by atoms with Gasteiger partial charge in [0, 0.05) is 12.6 Å². The molecule has 2 aromatic rings. The van der Waals surface area contributed by atoms with Gasteiger partial charge in [-0.25, -0.2) is 4.79 Å². The first-order valence-electron chi connectivity index (χ1n) is 6.47. The normalized spacial score (nSPS) is 25.3. The maximum atomic E-state index is 12.0. The first kappa shape index (κ1) is 13.8. The number of aliphatic hydroxyl groups is 2. The molecule has 0 amide bonds. The first-order valence-corrected chi connectivity index (χ1v) is 6.47. The SMILES string of the molecule is Nc1nc(=O)n(C2CC(O)C(CO)O2)cc1-c1ccco1. The third-order valence-electron chi connectivity index (χ3n) is 3.46. The lowest BCUT2D eigenvalue weighted by Crippen LogP contribution is -2.28. The van der Waals surface area contributed by atoms with Crippen LogP contribution in [0.25, 0.3) is 11.3 Å². The molecule has 0 radical (unpaired) electrons. The van der Waals surface area contributed by atoms with Gasteiger partial charge in [0.15, 0.2) is 0 Å². The molecule has 0 bridgehead atoms. The highest BCUT2D eigenvalue weighted by Crippen LogP contribution is 2.30. The molecule has 0 saturated carbocycles. The van der Waals surface area contributed by atoms with E-state index >= 15 is 0 Å². The number of aromatic nitrogens is 2. The molecule has 0 aliphatic carbocycles. The molecule has 0 spiro atoms. The van der Waals surface area contributed by atoms with E-state index in [4.69, 9.17) is 20.0 Å². The maximum absolute atomic E-state index is 12.0. The van der Waals surface area contributed by atoms with Crippen LogP contribution in [-0.4, -0.2) is 38.6 Å². The summed E-state index contributed by atoms with van der Waals surface area (Å²) >= 11 is 0. The van der Waals surface area contributed by atoms with Gasteiger partial charge in [0.1, 0.15) is 23.9 Å². The number of aliphatic hydroxyl groups excluding tert-OH is 2. The van der Waals surface area contributed by atoms with Gasteiger partial charge in [0.05, 0.1) is 24.5 Å². The van der Waals surface area contributed by atoms with Crippen LogP contribution in [-0.2, 0) is 4.74 Å². The number of furan rings is 1. The number of rotatable bonds is 3. The molecular weight excluding hydrogens is 278 g/mol. The van der Waals surface area contributed by atoms with E-state index in [0.29, 0.717) is 11.3 Å². The van der Waals surface area contributed by atoms with E-state index < -0.39 is 24.1 Å². The fourth-order valence-electron chi connectivity index (χ4n) is 2.36. The average Bonchev–Trinajstić information content (AvgIpc) is 3.08. The monoisotopic (exact) mass is 293 g/mol. The number of ether oxygens (including phenoxy) is 1. The summed E-state index contributed by atoms with van der Waals surface area (Å²) in [4.78, 5) is 15.7. The standard InChI is InChI=1S/C13H15N3O5/c14-12-7(9-2-1-3-20-9)5-16(13(19)15-12)11-4-8(18)10(6-17)21-11/h1-3,5,8,10-11,17-18H,4,6H2,(H2,14,15,19). The summed E-state index contributed by atoms with van der Waals surface area (Å²) in [5.41, 5.74) is 5.62. The molecule has 3 unspecified atom stereocenters. The summed E-state index contributed by atoms with van der Waals surface area (Å²) in [6.07, 6.45) is 0.908. The predicted octanol–water partition coefficient (Wildman–Crippen LogP) is -0.274.